The van der Waals surface area contributed by atoms with Gasteiger partial charge in [0.25, 0.3) is 0 Å². The average Bonchev–Trinajstić information content (AvgIpc) is 2.75. The lowest BCUT2D eigenvalue weighted by Crippen LogP contribution is -1.97. The van der Waals surface area contributed by atoms with Crippen molar-refractivity contribution in [1.29, 1.82) is 0 Å². The Kier molecular flexibility index (Phi) is 4.15. The van der Waals surface area contributed by atoms with Crippen LogP contribution < -0.4 is 0 Å². The van der Waals surface area contributed by atoms with E-state index in [1.54, 1.807) is 29.3 Å². The number of pyridine rings is 1. The van der Waals surface area contributed by atoms with Crippen LogP contribution in [0.1, 0.15) is 30.8 Å². The number of rotatable bonds is 4. The molecule has 3 nitrogen and oxygen atoms in total. The van der Waals surface area contributed by atoms with Gasteiger partial charge in [-0.3, -0.25) is 4.98 Å². The Labute approximate surface area is 109 Å². The van der Waals surface area contributed by atoms with Gasteiger partial charge in [-0.1, -0.05) is 18.7 Å². The molecule has 0 spiro atoms. The van der Waals surface area contributed by atoms with Crippen LogP contribution >= 0.6 is 23.1 Å². The first-order valence-corrected chi connectivity index (χ1v) is 7.12. The fraction of sp³-hybridized carbons (Fsp3) is 0.333. The molecule has 0 bridgehead atoms. The maximum Gasteiger partial charge on any atom is 0.154 e. The lowest BCUT2D eigenvalue weighted by molar-refractivity contribution is 0.169. The van der Waals surface area contributed by atoms with Crippen molar-refractivity contribution in [3.63, 3.8) is 0 Å². The highest BCUT2D eigenvalue weighted by Crippen LogP contribution is 2.30. The van der Waals surface area contributed by atoms with Gasteiger partial charge in [-0.05, 0) is 25.5 Å². The molecule has 0 aliphatic carbocycles. The molecular weight excluding hydrogens is 252 g/mol. The lowest BCUT2D eigenvalue weighted by Gasteiger charge is -2.06. The maximum atomic E-state index is 9.63. The second kappa shape index (κ2) is 5.62. The van der Waals surface area contributed by atoms with Crippen LogP contribution in [0.5, 0.6) is 0 Å². The van der Waals surface area contributed by atoms with E-state index in [1.165, 1.54) is 0 Å². The van der Waals surface area contributed by atoms with E-state index in [2.05, 4.69) is 9.97 Å². The molecule has 0 fully saturated rings. The molecule has 2 aromatic rings. The molecule has 0 saturated carbocycles. The minimum Gasteiger partial charge on any atom is -0.387 e. The van der Waals surface area contributed by atoms with Gasteiger partial charge < -0.3 is 5.11 Å². The maximum absolute atomic E-state index is 9.63. The van der Waals surface area contributed by atoms with Crippen LogP contribution in [0.15, 0.2) is 32.9 Å². The zero-order valence-electron chi connectivity index (χ0n) is 9.75. The molecule has 0 radical (unpaired) electrons. The van der Waals surface area contributed by atoms with Crippen molar-refractivity contribution >= 4 is 23.1 Å². The van der Waals surface area contributed by atoms with Crippen molar-refractivity contribution in [2.45, 2.75) is 35.6 Å². The minimum absolute atomic E-state index is 0.462. The van der Waals surface area contributed by atoms with Crippen molar-refractivity contribution in [3.8, 4) is 0 Å². The third-order valence-electron chi connectivity index (χ3n) is 2.29. The van der Waals surface area contributed by atoms with Gasteiger partial charge in [0.15, 0.2) is 4.34 Å². The summed E-state index contributed by atoms with van der Waals surface area (Å²) in [4.78, 5) is 9.69. The highest BCUT2D eigenvalue weighted by atomic mass is 32.2. The summed E-state index contributed by atoms with van der Waals surface area (Å²) in [5.74, 6) is 0. The second-order valence-electron chi connectivity index (χ2n) is 3.70. The first-order valence-electron chi connectivity index (χ1n) is 5.43. The largest absolute Gasteiger partial charge is 0.387 e. The number of hydrogen-bond donors (Lipinski definition) is 1. The Morgan fingerprint density at radius 1 is 1.47 bits per heavy atom. The molecule has 1 atom stereocenters. The molecule has 17 heavy (non-hydrogen) atoms. The zero-order chi connectivity index (χ0) is 12.3. The smallest absolute Gasteiger partial charge is 0.154 e. The lowest BCUT2D eigenvalue weighted by atomic mass is 10.2. The molecule has 2 rings (SSSR count). The molecule has 0 aliphatic heterocycles. The van der Waals surface area contributed by atoms with E-state index < -0.39 is 6.10 Å². The Hall–Kier alpha value is -0.910. The molecule has 2 heterocycles. The Morgan fingerprint density at radius 3 is 2.82 bits per heavy atom. The van der Waals surface area contributed by atoms with Crippen LogP contribution in [0.4, 0.5) is 0 Å². The highest BCUT2D eigenvalue weighted by Gasteiger charge is 2.07. The summed E-state index contributed by atoms with van der Waals surface area (Å²) in [6.07, 6.45) is 2.01. The van der Waals surface area contributed by atoms with Gasteiger partial charge in [0.05, 0.1) is 11.8 Å². The zero-order valence-corrected chi connectivity index (χ0v) is 11.4. The van der Waals surface area contributed by atoms with E-state index in [4.69, 9.17) is 0 Å². The third-order valence-corrected chi connectivity index (χ3v) is 4.32. The molecule has 0 unspecified atom stereocenters. The van der Waals surface area contributed by atoms with Crippen molar-refractivity contribution < 1.29 is 5.11 Å². The molecular formula is C12H14N2OS2. The quantitative estimate of drug-likeness (QED) is 0.920. The number of aryl methyl sites for hydroxylation is 1. The van der Waals surface area contributed by atoms with Gasteiger partial charge in [0.1, 0.15) is 0 Å². The molecule has 90 valence electrons. The molecule has 0 saturated heterocycles. The summed E-state index contributed by atoms with van der Waals surface area (Å²) < 4.78 is 1.02. The molecule has 2 aromatic heterocycles. The Morgan fingerprint density at radius 2 is 2.29 bits per heavy atom. The van der Waals surface area contributed by atoms with Crippen LogP contribution in [0, 0.1) is 6.92 Å². The van der Waals surface area contributed by atoms with E-state index in [-0.39, 0.29) is 0 Å². The summed E-state index contributed by atoms with van der Waals surface area (Å²) in [6.45, 7) is 3.92. The fourth-order valence-corrected chi connectivity index (χ4v) is 3.12. The van der Waals surface area contributed by atoms with Crippen molar-refractivity contribution in [1.82, 2.24) is 9.97 Å². The van der Waals surface area contributed by atoms with Crippen LogP contribution in [0.3, 0.4) is 0 Å². The van der Waals surface area contributed by atoms with E-state index in [9.17, 15) is 5.11 Å². The molecule has 1 N–H and O–H groups in total. The van der Waals surface area contributed by atoms with Gasteiger partial charge in [-0.15, -0.1) is 11.3 Å². The number of aliphatic hydroxyl groups is 1. The van der Waals surface area contributed by atoms with Gasteiger partial charge in [-0.2, -0.15) is 0 Å². The van der Waals surface area contributed by atoms with E-state index in [0.29, 0.717) is 6.42 Å². The fourth-order valence-electron chi connectivity index (χ4n) is 1.34. The summed E-state index contributed by atoms with van der Waals surface area (Å²) in [6, 6.07) is 3.85. The van der Waals surface area contributed by atoms with Gasteiger partial charge in [0.2, 0.25) is 0 Å². The first kappa shape index (κ1) is 12.5. The van der Waals surface area contributed by atoms with Gasteiger partial charge in [-0.25, -0.2) is 4.98 Å². The van der Waals surface area contributed by atoms with Crippen molar-refractivity contribution in [2.75, 3.05) is 0 Å². The summed E-state index contributed by atoms with van der Waals surface area (Å²) in [5, 5.41) is 11.7. The number of aromatic nitrogens is 2. The first-order chi connectivity index (χ1) is 8.19. The summed E-state index contributed by atoms with van der Waals surface area (Å²) in [7, 11) is 0. The van der Waals surface area contributed by atoms with Gasteiger partial charge >= 0.3 is 0 Å². The van der Waals surface area contributed by atoms with E-state index in [1.807, 2.05) is 31.4 Å². The monoisotopic (exact) mass is 266 g/mol. The SMILES string of the molecule is CC[C@H](O)c1ccc(Sc2nc(C)cs2)cn1. The topological polar surface area (TPSA) is 46.0 Å². The van der Waals surface area contributed by atoms with E-state index >= 15 is 0 Å². The number of aliphatic hydroxyl groups excluding tert-OH is 1. The highest BCUT2D eigenvalue weighted by molar-refractivity contribution is 8.01. The molecule has 0 amide bonds. The average molecular weight is 266 g/mol. The standard InChI is InChI=1S/C12H14N2OS2/c1-3-11(15)10-5-4-9(6-13-10)17-12-14-8(2)7-16-12/h4-7,11,15H,3H2,1-2H3/t11-/m0/s1. The summed E-state index contributed by atoms with van der Waals surface area (Å²) in [5.41, 5.74) is 1.77. The molecule has 0 aliphatic rings. The van der Waals surface area contributed by atoms with Crippen LogP contribution in [-0.4, -0.2) is 15.1 Å². The number of thiazole rings is 1. The third kappa shape index (κ3) is 3.28. The summed E-state index contributed by atoms with van der Waals surface area (Å²) >= 11 is 3.23. The van der Waals surface area contributed by atoms with Gasteiger partial charge in [0, 0.05) is 22.2 Å². The second-order valence-corrected chi connectivity index (χ2v) is 5.88. The molecule has 0 aromatic carbocycles. The number of hydrogen-bond acceptors (Lipinski definition) is 5. The van der Waals surface area contributed by atoms with Crippen LogP contribution in [-0.2, 0) is 0 Å². The van der Waals surface area contributed by atoms with E-state index in [0.717, 1.165) is 20.6 Å². The Balaban J connectivity index is 2.08. The van der Waals surface area contributed by atoms with Crippen LogP contribution in [0.2, 0.25) is 0 Å². The molecule has 5 heteroatoms. The predicted octanol–water partition coefficient (Wildman–Crippen LogP) is 3.44. The van der Waals surface area contributed by atoms with Crippen LogP contribution in [0.25, 0.3) is 0 Å². The normalized spacial score (nSPS) is 12.6. The number of nitrogens with zero attached hydrogens (tertiary/aromatic N) is 2. The minimum atomic E-state index is -0.462. The van der Waals surface area contributed by atoms with Crippen molar-refractivity contribution in [3.05, 3.63) is 35.1 Å². The predicted molar refractivity (Wildman–Crippen MR) is 70.5 cm³/mol. The van der Waals surface area contributed by atoms with Crippen molar-refractivity contribution in [2.24, 2.45) is 0 Å². The Bertz CT molecular complexity index is 482.